The molecular formula is C17H27ClN2O2S. The third kappa shape index (κ3) is 5.75. The molecule has 6 heteroatoms. The third-order valence-corrected chi connectivity index (χ3v) is 6.29. The fourth-order valence-corrected chi connectivity index (χ4v) is 4.25. The molecule has 1 aromatic rings. The molecule has 23 heavy (non-hydrogen) atoms. The lowest BCUT2D eigenvalue weighted by Crippen LogP contribution is -2.42. The molecule has 1 saturated heterocycles. The Labute approximate surface area is 145 Å². The maximum atomic E-state index is 12.0. The molecule has 1 heterocycles. The van der Waals surface area contributed by atoms with Gasteiger partial charge in [-0.05, 0) is 56.0 Å². The van der Waals surface area contributed by atoms with Crippen molar-refractivity contribution in [3.63, 3.8) is 0 Å². The Morgan fingerprint density at radius 1 is 1.26 bits per heavy atom. The highest BCUT2D eigenvalue weighted by molar-refractivity contribution is 7.89. The summed E-state index contributed by atoms with van der Waals surface area (Å²) in [6.07, 6.45) is 2.94. The molecule has 1 aliphatic rings. The van der Waals surface area contributed by atoms with Crippen LogP contribution in [-0.4, -0.2) is 38.7 Å². The van der Waals surface area contributed by atoms with Crippen LogP contribution in [0.3, 0.4) is 0 Å². The van der Waals surface area contributed by atoms with Crippen LogP contribution in [-0.2, 0) is 10.0 Å². The third-order valence-electron chi connectivity index (χ3n) is 4.48. The molecule has 0 radical (unpaired) electrons. The first-order valence-corrected chi connectivity index (χ1v) is 10.4. The summed E-state index contributed by atoms with van der Waals surface area (Å²) in [5.41, 5.74) is 1.11. The monoisotopic (exact) mass is 358 g/mol. The summed E-state index contributed by atoms with van der Waals surface area (Å²) in [4.78, 5) is 2.39. The molecule has 0 aliphatic carbocycles. The van der Waals surface area contributed by atoms with Crippen LogP contribution in [0.1, 0.15) is 44.7 Å². The first-order valence-electron chi connectivity index (χ1n) is 8.38. The van der Waals surface area contributed by atoms with Crippen LogP contribution >= 0.6 is 11.6 Å². The number of nitrogens with one attached hydrogen (secondary N) is 1. The lowest BCUT2D eigenvalue weighted by atomic mass is 9.96. The number of piperidine rings is 1. The van der Waals surface area contributed by atoms with Gasteiger partial charge in [-0.25, -0.2) is 13.1 Å². The molecule has 2 rings (SSSR count). The molecular weight excluding hydrogens is 332 g/mol. The number of hydrogen-bond donors (Lipinski definition) is 1. The number of benzene rings is 1. The fraction of sp³-hybridized carbons (Fsp3) is 0.647. The van der Waals surface area contributed by atoms with Crippen molar-refractivity contribution in [3.05, 3.63) is 34.9 Å². The van der Waals surface area contributed by atoms with Crippen LogP contribution < -0.4 is 4.72 Å². The minimum atomic E-state index is -3.20. The first kappa shape index (κ1) is 18.7. The smallest absolute Gasteiger partial charge is 0.211 e. The Morgan fingerprint density at radius 2 is 1.87 bits per heavy atom. The number of rotatable bonds is 7. The molecule has 0 spiro atoms. The Kier molecular flexibility index (Phi) is 6.89. The van der Waals surface area contributed by atoms with E-state index in [1.165, 1.54) is 0 Å². The van der Waals surface area contributed by atoms with Crippen LogP contribution in [0.4, 0.5) is 0 Å². The molecule has 130 valence electrons. The molecule has 0 amide bonds. The van der Waals surface area contributed by atoms with E-state index in [1.54, 1.807) is 0 Å². The number of nitrogens with zero attached hydrogens (tertiary/aromatic N) is 1. The van der Waals surface area contributed by atoms with Gasteiger partial charge in [0.25, 0.3) is 0 Å². The van der Waals surface area contributed by atoms with Crippen LogP contribution in [0.25, 0.3) is 0 Å². The second-order valence-corrected chi connectivity index (χ2v) is 8.82. The van der Waals surface area contributed by atoms with Crippen molar-refractivity contribution in [2.24, 2.45) is 5.92 Å². The lowest BCUT2D eigenvalue weighted by Gasteiger charge is -2.37. The van der Waals surface area contributed by atoms with Crippen LogP contribution in [0.5, 0.6) is 0 Å². The van der Waals surface area contributed by atoms with E-state index in [9.17, 15) is 8.42 Å². The molecule has 1 aliphatic heterocycles. The van der Waals surface area contributed by atoms with Crippen LogP contribution in [0.2, 0.25) is 5.02 Å². The maximum absolute atomic E-state index is 12.0. The average Bonchev–Trinajstić information content (AvgIpc) is 2.51. The highest BCUT2D eigenvalue weighted by atomic mass is 35.5. The van der Waals surface area contributed by atoms with Gasteiger partial charge in [-0.1, -0.05) is 37.6 Å². The summed E-state index contributed by atoms with van der Waals surface area (Å²) in [5, 5.41) is 0.700. The second kappa shape index (κ2) is 8.47. The summed E-state index contributed by atoms with van der Waals surface area (Å²) >= 11 is 5.99. The van der Waals surface area contributed by atoms with Crippen LogP contribution in [0, 0.1) is 5.92 Å². The summed E-state index contributed by atoms with van der Waals surface area (Å²) in [6, 6.07) is 7.80. The van der Waals surface area contributed by atoms with E-state index in [4.69, 9.17) is 11.6 Å². The summed E-state index contributed by atoms with van der Waals surface area (Å²) in [6.45, 7) is 6.58. The van der Waals surface area contributed by atoms with Gasteiger partial charge in [0.1, 0.15) is 0 Å². The van der Waals surface area contributed by atoms with Gasteiger partial charge in [-0.15, -0.1) is 0 Å². The zero-order valence-electron chi connectivity index (χ0n) is 14.0. The minimum Gasteiger partial charge on any atom is -0.295 e. The second-order valence-electron chi connectivity index (χ2n) is 6.45. The van der Waals surface area contributed by atoms with Crippen molar-refractivity contribution in [2.75, 3.05) is 25.4 Å². The first-order chi connectivity index (χ1) is 10.9. The van der Waals surface area contributed by atoms with E-state index < -0.39 is 10.0 Å². The van der Waals surface area contributed by atoms with Gasteiger partial charge < -0.3 is 0 Å². The van der Waals surface area contributed by atoms with Crippen molar-refractivity contribution in [3.8, 4) is 0 Å². The van der Waals surface area contributed by atoms with E-state index >= 15 is 0 Å². The highest BCUT2D eigenvalue weighted by Gasteiger charge is 2.25. The largest absolute Gasteiger partial charge is 0.295 e. The molecule has 1 fully saturated rings. The van der Waals surface area contributed by atoms with E-state index in [0.717, 1.165) is 37.4 Å². The number of sulfonamides is 1. The predicted octanol–water partition coefficient (Wildman–Crippen LogP) is 3.44. The SMILES string of the molecule is CCCS(=O)(=O)NCC(c1ccc(Cl)cc1)N1CCC(C)CC1. The molecule has 0 aromatic heterocycles. The molecule has 1 aromatic carbocycles. The Balaban J connectivity index is 2.12. The van der Waals surface area contributed by atoms with Crippen molar-refractivity contribution >= 4 is 21.6 Å². The van der Waals surface area contributed by atoms with E-state index in [2.05, 4.69) is 16.5 Å². The zero-order valence-corrected chi connectivity index (χ0v) is 15.5. The average molecular weight is 359 g/mol. The lowest BCUT2D eigenvalue weighted by molar-refractivity contribution is 0.139. The summed E-state index contributed by atoms with van der Waals surface area (Å²) in [7, 11) is -3.20. The molecule has 1 atom stereocenters. The molecule has 1 unspecified atom stereocenters. The normalized spacial score (nSPS) is 18.9. The zero-order chi connectivity index (χ0) is 16.9. The van der Waals surface area contributed by atoms with Crippen molar-refractivity contribution in [1.82, 2.24) is 9.62 Å². The van der Waals surface area contributed by atoms with E-state index in [1.807, 2.05) is 31.2 Å². The Bertz CT molecular complexity index is 581. The van der Waals surface area contributed by atoms with Gasteiger partial charge in [0.2, 0.25) is 10.0 Å². The molecule has 0 saturated carbocycles. The van der Waals surface area contributed by atoms with Gasteiger partial charge in [0.15, 0.2) is 0 Å². The molecule has 4 nitrogen and oxygen atoms in total. The topological polar surface area (TPSA) is 49.4 Å². The van der Waals surface area contributed by atoms with Gasteiger partial charge in [-0.2, -0.15) is 0 Å². The fourth-order valence-electron chi connectivity index (χ4n) is 3.03. The minimum absolute atomic E-state index is 0.0615. The van der Waals surface area contributed by atoms with E-state index in [-0.39, 0.29) is 11.8 Å². The van der Waals surface area contributed by atoms with Crippen molar-refractivity contribution in [1.29, 1.82) is 0 Å². The molecule has 1 N–H and O–H groups in total. The quantitative estimate of drug-likeness (QED) is 0.812. The highest BCUT2D eigenvalue weighted by Crippen LogP contribution is 2.27. The predicted molar refractivity (Wildman–Crippen MR) is 96.2 cm³/mol. The van der Waals surface area contributed by atoms with Crippen molar-refractivity contribution < 1.29 is 8.42 Å². The van der Waals surface area contributed by atoms with Gasteiger partial charge in [0, 0.05) is 17.6 Å². The van der Waals surface area contributed by atoms with Gasteiger partial charge in [0.05, 0.1) is 5.75 Å². The summed E-state index contributed by atoms with van der Waals surface area (Å²) in [5.74, 6) is 0.922. The van der Waals surface area contributed by atoms with Crippen LogP contribution in [0.15, 0.2) is 24.3 Å². The Morgan fingerprint density at radius 3 is 2.43 bits per heavy atom. The summed E-state index contributed by atoms with van der Waals surface area (Å²) < 4.78 is 26.8. The Hall–Kier alpha value is -0.620. The number of halogens is 1. The van der Waals surface area contributed by atoms with Gasteiger partial charge in [-0.3, -0.25) is 4.90 Å². The van der Waals surface area contributed by atoms with E-state index in [0.29, 0.717) is 18.0 Å². The number of hydrogen-bond acceptors (Lipinski definition) is 3. The number of likely N-dealkylation sites (tertiary alicyclic amines) is 1. The van der Waals surface area contributed by atoms with Crippen molar-refractivity contribution in [2.45, 2.75) is 39.2 Å². The molecule has 0 bridgehead atoms. The standard InChI is InChI=1S/C17H27ClN2O2S/c1-3-12-23(21,22)19-13-17(15-4-6-16(18)7-5-15)20-10-8-14(2)9-11-20/h4-7,14,17,19H,3,8-13H2,1-2H3. The van der Waals surface area contributed by atoms with Gasteiger partial charge >= 0.3 is 0 Å². The maximum Gasteiger partial charge on any atom is 0.211 e.